The molecule has 0 aliphatic rings. The van der Waals surface area contributed by atoms with Crippen LogP contribution in [0.3, 0.4) is 0 Å². The molecule has 0 N–H and O–H groups in total. The van der Waals surface area contributed by atoms with Crippen LogP contribution in [0.4, 0.5) is 0 Å². The van der Waals surface area contributed by atoms with Gasteiger partial charge >= 0.3 is 5.97 Å². The van der Waals surface area contributed by atoms with Crippen LogP contribution < -0.4 is 4.74 Å². The summed E-state index contributed by atoms with van der Waals surface area (Å²) in [4.78, 5) is 29.0. The van der Waals surface area contributed by atoms with Crippen LogP contribution >= 0.6 is 11.3 Å². The Morgan fingerprint density at radius 1 is 1.26 bits per heavy atom. The Kier molecular flexibility index (Phi) is 5.48. The first-order valence-electron chi connectivity index (χ1n) is 8.11. The number of carbonyl (C=O) groups is 2. The zero-order valence-corrected chi connectivity index (χ0v) is 15.6. The van der Waals surface area contributed by atoms with E-state index in [1.807, 2.05) is 30.3 Å². The minimum absolute atomic E-state index is 0.225. The van der Waals surface area contributed by atoms with E-state index < -0.39 is 24.3 Å². The molecule has 7 heteroatoms. The summed E-state index contributed by atoms with van der Waals surface area (Å²) in [5.74, 6) is -1.88. The number of ketones is 1. The predicted molar refractivity (Wildman–Crippen MR) is 101 cm³/mol. The number of rotatable bonds is 6. The van der Waals surface area contributed by atoms with Gasteiger partial charge in [-0.25, -0.2) is 9.78 Å². The smallest absolute Gasteiger partial charge is 0.342 e. The molecule has 0 saturated heterocycles. The highest BCUT2D eigenvalue weighted by Gasteiger charge is 2.25. The molecule has 1 atom stereocenters. The monoisotopic (exact) mass is 380 g/mol. The van der Waals surface area contributed by atoms with Crippen molar-refractivity contribution in [2.45, 2.75) is 12.8 Å². The minimum Gasteiger partial charge on any atom is -0.496 e. The number of ether oxygens (including phenoxy) is 2. The number of fused-ring (bicyclic) bond motifs is 1. The summed E-state index contributed by atoms with van der Waals surface area (Å²) in [5, 5.41) is 13.2. The van der Waals surface area contributed by atoms with E-state index in [0.717, 1.165) is 16.5 Å². The molecular weight excluding hydrogens is 364 g/mol. The number of hydrogen-bond acceptors (Lipinski definition) is 7. The van der Waals surface area contributed by atoms with Crippen molar-refractivity contribution < 1.29 is 19.1 Å². The number of nitriles is 1. The number of thiazole rings is 1. The van der Waals surface area contributed by atoms with Gasteiger partial charge in [-0.3, -0.25) is 4.79 Å². The van der Waals surface area contributed by atoms with Crippen molar-refractivity contribution >= 4 is 33.9 Å². The third kappa shape index (κ3) is 3.96. The SMILES string of the molecule is COc1cc2ccccc2cc1C(=O)OCC(=O)[C@@H](C#N)c1nc(C)cs1. The van der Waals surface area contributed by atoms with Crippen LogP contribution in [0.25, 0.3) is 10.8 Å². The highest BCUT2D eigenvalue weighted by Crippen LogP contribution is 2.27. The number of benzene rings is 2. The van der Waals surface area contributed by atoms with Crippen molar-refractivity contribution in [3.8, 4) is 11.8 Å². The van der Waals surface area contributed by atoms with Crippen LogP contribution in [0.5, 0.6) is 5.75 Å². The average molecular weight is 380 g/mol. The van der Waals surface area contributed by atoms with Crippen molar-refractivity contribution in [1.82, 2.24) is 4.98 Å². The Bertz CT molecular complexity index is 1050. The maximum atomic E-state index is 12.5. The van der Waals surface area contributed by atoms with Gasteiger partial charge in [-0.05, 0) is 29.8 Å². The minimum atomic E-state index is -1.05. The van der Waals surface area contributed by atoms with Crippen molar-refractivity contribution in [1.29, 1.82) is 5.26 Å². The fourth-order valence-corrected chi connectivity index (χ4v) is 3.48. The summed E-state index contributed by atoms with van der Waals surface area (Å²) in [5.41, 5.74) is 0.962. The fraction of sp³-hybridized carbons (Fsp3) is 0.200. The lowest BCUT2D eigenvalue weighted by Gasteiger charge is -2.11. The average Bonchev–Trinajstić information content (AvgIpc) is 3.11. The van der Waals surface area contributed by atoms with Crippen LogP contribution in [-0.2, 0) is 9.53 Å². The number of esters is 1. The molecular formula is C20H16N2O4S. The number of hydrogen-bond donors (Lipinski definition) is 0. The normalized spacial score (nSPS) is 11.6. The van der Waals surface area contributed by atoms with Gasteiger partial charge in [-0.1, -0.05) is 24.3 Å². The molecule has 3 rings (SSSR count). The van der Waals surface area contributed by atoms with Gasteiger partial charge in [0.05, 0.1) is 13.2 Å². The van der Waals surface area contributed by atoms with Crippen molar-refractivity contribution in [2.75, 3.05) is 13.7 Å². The Morgan fingerprint density at radius 2 is 1.96 bits per heavy atom. The Labute approximate surface area is 160 Å². The van der Waals surface area contributed by atoms with E-state index in [-0.39, 0.29) is 5.56 Å². The van der Waals surface area contributed by atoms with Gasteiger partial charge < -0.3 is 9.47 Å². The quantitative estimate of drug-likeness (QED) is 0.607. The summed E-state index contributed by atoms with van der Waals surface area (Å²) in [6.45, 7) is 1.27. The highest BCUT2D eigenvalue weighted by molar-refractivity contribution is 7.09. The zero-order chi connectivity index (χ0) is 19.4. The standard InChI is InChI=1S/C20H16N2O4S/c1-12-11-27-19(22-12)16(9-21)17(23)10-26-20(24)15-7-13-5-3-4-6-14(13)8-18(15)25-2/h3-8,11,16H,10H2,1-2H3/t16-/m1/s1. The van der Waals surface area contributed by atoms with Crippen molar-refractivity contribution in [3.05, 3.63) is 58.0 Å². The van der Waals surface area contributed by atoms with Gasteiger partial charge in [0.25, 0.3) is 0 Å². The van der Waals surface area contributed by atoms with Crippen LogP contribution in [0.1, 0.15) is 27.0 Å². The second kappa shape index (κ2) is 7.98. The third-order valence-electron chi connectivity index (χ3n) is 3.97. The lowest BCUT2D eigenvalue weighted by atomic mass is 10.1. The molecule has 0 aliphatic carbocycles. The number of aryl methyl sites for hydroxylation is 1. The molecule has 136 valence electrons. The molecule has 0 fully saturated rings. The molecule has 0 amide bonds. The molecule has 1 heterocycles. The van der Waals surface area contributed by atoms with Crippen molar-refractivity contribution in [2.24, 2.45) is 0 Å². The van der Waals surface area contributed by atoms with E-state index >= 15 is 0 Å². The van der Waals surface area contributed by atoms with Crippen LogP contribution in [0, 0.1) is 18.3 Å². The van der Waals surface area contributed by atoms with E-state index in [0.29, 0.717) is 10.8 Å². The fourth-order valence-electron chi connectivity index (χ4n) is 2.62. The van der Waals surface area contributed by atoms with Gasteiger partial charge in [-0.2, -0.15) is 5.26 Å². The second-order valence-electron chi connectivity index (χ2n) is 5.83. The number of carbonyl (C=O) groups excluding carboxylic acids is 2. The van der Waals surface area contributed by atoms with Gasteiger partial charge in [0.15, 0.2) is 18.3 Å². The van der Waals surface area contributed by atoms with Gasteiger partial charge in [0.1, 0.15) is 16.3 Å². The van der Waals surface area contributed by atoms with Gasteiger partial charge in [-0.15, -0.1) is 11.3 Å². The number of aromatic nitrogens is 1. The molecule has 3 aromatic rings. The number of nitrogens with zero attached hydrogens (tertiary/aromatic N) is 2. The first kappa shape index (κ1) is 18.5. The topological polar surface area (TPSA) is 89.3 Å². The van der Waals surface area contributed by atoms with E-state index in [1.54, 1.807) is 24.4 Å². The number of methoxy groups -OCH3 is 1. The van der Waals surface area contributed by atoms with Crippen LogP contribution in [0.15, 0.2) is 41.8 Å². The lowest BCUT2D eigenvalue weighted by molar-refractivity contribution is -0.122. The summed E-state index contributed by atoms with van der Waals surface area (Å²) in [6.07, 6.45) is 0. The molecule has 0 aliphatic heterocycles. The van der Waals surface area contributed by atoms with Crippen LogP contribution in [0.2, 0.25) is 0 Å². The zero-order valence-electron chi connectivity index (χ0n) is 14.8. The molecule has 2 aromatic carbocycles. The molecule has 27 heavy (non-hydrogen) atoms. The largest absolute Gasteiger partial charge is 0.496 e. The predicted octanol–water partition coefficient (Wildman–Crippen LogP) is 3.65. The molecule has 1 aromatic heterocycles. The highest BCUT2D eigenvalue weighted by atomic mass is 32.1. The van der Waals surface area contributed by atoms with E-state index in [4.69, 9.17) is 9.47 Å². The first-order valence-corrected chi connectivity index (χ1v) is 8.99. The van der Waals surface area contributed by atoms with Crippen LogP contribution in [-0.4, -0.2) is 30.5 Å². The Balaban J connectivity index is 1.76. The maximum Gasteiger partial charge on any atom is 0.342 e. The maximum absolute atomic E-state index is 12.5. The van der Waals surface area contributed by atoms with E-state index in [2.05, 4.69) is 4.98 Å². The number of Topliss-reactive ketones (excluding diaryl/α,β-unsaturated/α-hetero) is 1. The molecule has 0 radical (unpaired) electrons. The van der Waals surface area contributed by atoms with Gasteiger partial charge in [0.2, 0.25) is 0 Å². The van der Waals surface area contributed by atoms with E-state index in [1.165, 1.54) is 18.4 Å². The summed E-state index contributed by atoms with van der Waals surface area (Å²) in [6, 6.07) is 12.9. The summed E-state index contributed by atoms with van der Waals surface area (Å²) in [7, 11) is 1.46. The molecule has 0 saturated carbocycles. The van der Waals surface area contributed by atoms with Gasteiger partial charge in [0, 0.05) is 11.1 Å². The van der Waals surface area contributed by atoms with E-state index in [9.17, 15) is 14.9 Å². The lowest BCUT2D eigenvalue weighted by Crippen LogP contribution is -2.20. The molecule has 0 bridgehead atoms. The molecule has 6 nitrogen and oxygen atoms in total. The Morgan fingerprint density at radius 3 is 2.56 bits per heavy atom. The summed E-state index contributed by atoms with van der Waals surface area (Å²) >= 11 is 1.23. The first-order chi connectivity index (χ1) is 13.0. The molecule has 0 spiro atoms. The second-order valence-corrected chi connectivity index (χ2v) is 6.72. The summed E-state index contributed by atoms with van der Waals surface area (Å²) < 4.78 is 10.4. The van der Waals surface area contributed by atoms with Crippen molar-refractivity contribution in [3.63, 3.8) is 0 Å². The molecule has 0 unspecified atom stereocenters. The Hall–Kier alpha value is -3.24. The third-order valence-corrected chi connectivity index (χ3v) is 5.00.